The summed E-state index contributed by atoms with van der Waals surface area (Å²) in [5, 5.41) is 21.6. The van der Waals surface area contributed by atoms with E-state index in [9.17, 15) is 9.60 Å². The van der Waals surface area contributed by atoms with Crippen LogP contribution in [-0.2, 0) is 0 Å². The number of azo groups is 1. The molecule has 0 aliphatic rings. The van der Waals surface area contributed by atoms with E-state index in [4.69, 9.17) is 5.26 Å². The summed E-state index contributed by atoms with van der Waals surface area (Å²) in [7, 11) is 0. The molecule has 1 aromatic rings. The number of rotatable bonds is 1. The zero-order valence-electron chi connectivity index (χ0n) is 5.94. The van der Waals surface area contributed by atoms with Crippen LogP contribution in [0.25, 0.3) is 0 Å². The van der Waals surface area contributed by atoms with E-state index in [1.54, 1.807) is 0 Å². The van der Waals surface area contributed by atoms with E-state index in [0.29, 0.717) is 0 Å². The van der Waals surface area contributed by atoms with E-state index in [-0.39, 0.29) is 10.5 Å². The molecule has 60 valence electrons. The molecule has 0 aromatic heterocycles. The SMILES string of the molecule is N#CN=[N+]([O-])c1cccc(F)c1. The average molecular weight is 165 g/mol. The molecule has 0 fully saturated rings. The minimum Gasteiger partial charge on any atom is -0.593 e. The monoisotopic (exact) mass is 165 g/mol. The number of halogens is 1. The molecule has 0 unspecified atom stereocenters. The normalized spacial score (nSPS) is 10.8. The van der Waals surface area contributed by atoms with E-state index in [0.717, 1.165) is 6.07 Å². The lowest BCUT2D eigenvalue weighted by Gasteiger charge is -1.95. The average Bonchev–Trinajstić information content (AvgIpc) is 2.05. The highest BCUT2D eigenvalue weighted by Crippen LogP contribution is 2.12. The molecule has 0 radical (unpaired) electrons. The first-order valence-electron chi connectivity index (χ1n) is 3.06. The molecule has 0 aliphatic heterocycles. The molecule has 0 heterocycles. The Labute approximate surface area is 67.8 Å². The van der Waals surface area contributed by atoms with Gasteiger partial charge in [0.05, 0.1) is 5.11 Å². The Morgan fingerprint density at radius 3 is 2.92 bits per heavy atom. The van der Waals surface area contributed by atoms with Gasteiger partial charge in [0.25, 0.3) is 6.19 Å². The Morgan fingerprint density at radius 1 is 1.58 bits per heavy atom. The Hall–Kier alpha value is -1.96. The molecule has 0 spiro atoms. The van der Waals surface area contributed by atoms with Crippen molar-refractivity contribution in [2.24, 2.45) is 5.11 Å². The lowest BCUT2D eigenvalue weighted by Crippen LogP contribution is -1.90. The highest BCUT2D eigenvalue weighted by atomic mass is 19.1. The van der Waals surface area contributed by atoms with Crippen LogP contribution >= 0.6 is 0 Å². The van der Waals surface area contributed by atoms with E-state index >= 15 is 0 Å². The molecule has 12 heavy (non-hydrogen) atoms. The summed E-state index contributed by atoms with van der Waals surface area (Å²) in [5.41, 5.74) is -0.00319. The van der Waals surface area contributed by atoms with Gasteiger partial charge in [0, 0.05) is 12.1 Å². The first-order valence-corrected chi connectivity index (χ1v) is 3.06. The molecule has 5 heteroatoms. The summed E-state index contributed by atoms with van der Waals surface area (Å²) < 4.78 is 12.5. The molecule has 1 aromatic carbocycles. The second-order valence-corrected chi connectivity index (χ2v) is 1.95. The Balaban J connectivity index is 3.05. The third-order valence-corrected chi connectivity index (χ3v) is 1.16. The van der Waals surface area contributed by atoms with Gasteiger partial charge in [0.2, 0.25) is 5.69 Å². The van der Waals surface area contributed by atoms with Crippen molar-refractivity contribution in [1.29, 1.82) is 5.26 Å². The molecular formula is C7H4FN3O. The van der Waals surface area contributed by atoms with Crippen molar-refractivity contribution in [3.05, 3.63) is 35.3 Å². The third kappa shape index (κ3) is 1.76. The highest BCUT2D eigenvalue weighted by Gasteiger charge is 2.03. The largest absolute Gasteiger partial charge is 0.593 e. The molecule has 0 N–H and O–H groups in total. The summed E-state index contributed by atoms with van der Waals surface area (Å²) in [4.78, 5) is 0.0586. The van der Waals surface area contributed by atoms with Crippen LogP contribution in [0.1, 0.15) is 0 Å². The summed E-state index contributed by atoms with van der Waals surface area (Å²) >= 11 is 0. The second-order valence-electron chi connectivity index (χ2n) is 1.95. The summed E-state index contributed by atoms with van der Waals surface area (Å²) in [6.07, 6.45) is 1.30. The molecule has 0 saturated heterocycles. The fourth-order valence-electron chi connectivity index (χ4n) is 0.693. The quantitative estimate of drug-likeness (QED) is 0.276. The molecule has 0 bridgehead atoms. The van der Waals surface area contributed by atoms with Gasteiger partial charge in [-0.15, -0.1) is 0 Å². The molecular weight excluding hydrogens is 161 g/mol. The van der Waals surface area contributed by atoms with Crippen LogP contribution in [0.4, 0.5) is 10.1 Å². The number of hydrogen-bond donors (Lipinski definition) is 0. The third-order valence-electron chi connectivity index (χ3n) is 1.16. The predicted molar refractivity (Wildman–Crippen MR) is 37.7 cm³/mol. The van der Waals surface area contributed by atoms with Crippen molar-refractivity contribution in [3.63, 3.8) is 0 Å². The van der Waals surface area contributed by atoms with Crippen molar-refractivity contribution in [2.45, 2.75) is 0 Å². The van der Waals surface area contributed by atoms with Crippen LogP contribution in [0.15, 0.2) is 29.4 Å². The van der Waals surface area contributed by atoms with Crippen LogP contribution in [0.5, 0.6) is 0 Å². The standard InChI is InChI=1S/C7H4FN3O/c8-6-2-1-3-7(4-6)11(12)10-5-9/h1-4H. The Kier molecular flexibility index (Phi) is 2.33. The maximum atomic E-state index is 12.5. The number of nitrogens with zero attached hydrogens (tertiary/aromatic N) is 3. The fraction of sp³-hybridized carbons (Fsp3) is 0. The van der Waals surface area contributed by atoms with Crippen LogP contribution in [0.3, 0.4) is 0 Å². The van der Waals surface area contributed by atoms with E-state index in [1.165, 1.54) is 24.4 Å². The van der Waals surface area contributed by atoms with Gasteiger partial charge >= 0.3 is 0 Å². The van der Waals surface area contributed by atoms with Gasteiger partial charge in [-0.1, -0.05) is 6.07 Å². The molecule has 0 saturated carbocycles. The van der Waals surface area contributed by atoms with Crippen LogP contribution in [0, 0.1) is 22.5 Å². The molecule has 0 aliphatic carbocycles. The number of nitriles is 1. The van der Waals surface area contributed by atoms with Crippen molar-refractivity contribution in [1.82, 2.24) is 0 Å². The number of hydrogen-bond acceptors (Lipinski definition) is 3. The fourth-order valence-corrected chi connectivity index (χ4v) is 0.693. The first kappa shape index (κ1) is 8.14. The molecule has 1 rings (SSSR count). The maximum Gasteiger partial charge on any atom is 0.274 e. The molecule has 0 atom stereocenters. The Morgan fingerprint density at radius 2 is 2.33 bits per heavy atom. The van der Waals surface area contributed by atoms with Gasteiger partial charge in [-0.2, -0.15) is 5.26 Å². The van der Waals surface area contributed by atoms with Crippen molar-refractivity contribution in [2.75, 3.05) is 0 Å². The molecule has 4 nitrogen and oxygen atoms in total. The van der Waals surface area contributed by atoms with Crippen molar-refractivity contribution >= 4 is 5.69 Å². The number of benzene rings is 1. The maximum absolute atomic E-state index is 12.5. The lowest BCUT2D eigenvalue weighted by atomic mass is 10.3. The minimum atomic E-state index is -0.540. The van der Waals surface area contributed by atoms with Gasteiger partial charge in [-0.05, 0) is 10.9 Å². The first-order chi connectivity index (χ1) is 5.74. The van der Waals surface area contributed by atoms with E-state index in [1.807, 2.05) is 0 Å². The smallest absolute Gasteiger partial charge is 0.274 e. The zero-order chi connectivity index (χ0) is 8.97. The van der Waals surface area contributed by atoms with Crippen LogP contribution in [-0.4, -0.2) is 4.86 Å². The Bertz CT molecular complexity index is 356. The van der Waals surface area contributed by atoms with Crippen molar-refractivity contribution < 1.29 is 9.25 Å². The highest BCUT2D eigenvalue weighted by molar-refractivity contribution is 5.29. The van der Waals surface area contributed by atoms with Crippen LogP contribution in [0.2, 0.25) is 0 Å². The van der Waals surface area contributed by atoms with Gasteiger partial charge in [0.1, 0.15) is 5.82 Å². The van der Waals surface area contributed by atoms with E-state index < -0.39 is 5.82 Å². The van der Waals surface area contributed by atoms with Crippen LogP contribution < -0.4 is 0 Å². The van der Waals surface area contributed by atoms with Gasteiger partial charge < -0.3 is 5.21 Å². The second kappa shape index (κ2) is 3.44. The van der Waals surface area contributed by atoms with Gasteiger partial charge in [0.15, 0.2) is 0 Å². The van der Waals surface area contributed by atoms with E-state index in [2.05, 4.69) is 5.11 Å². The molecule has 0 amide bonds. The van der Waals surface area contributed by atoms with Crippen molar-refractivity contribution in [3.8, 4) is 6.19 Å². The lowest BCUT2D eigenvalue weighted by molar-refractivity contribution is -0.435. The summed E-state index contributed by atoms with van der Waals surface area (Å²) in [6.45, 7) is 0. The minimum absolute atomic E-state index is 0.00319. The topological polar surface area (TPSA) is 62.2 Å². The zero-order valence-corrected chi connectivity index (χ0v) is 5.94. The summed E-state index contributed by atoms with van der Waals surface area (Å²) in [6, 6.07) is 4.91. The van der Waals surface area contributed by atoms with Gasteiger partial charge in [-0.3, -0.25) is 0 Å². The predicted octanol–water partition coefficient (Wildman–Crippen LogP) is 1.90. The summed E-state index contributed by atoms with van der Waals surface area (Å²) in [5.74, 6) is -0.540. The van der Waals surface area contributed by atoms with Gasteiger partial charge in [-0.25, -0.2) is 4.39 Å².